The highest BCUT2D eigenvalue weighted by Crippen LogP contribution is 2.30. The topological polar surface area (TPSA) is 30.7 Å². The monoisotopic (exact) mass is 497 g/mol. The quantitative estimate of drug-likeness (QED) is 0.280. The van der Waals surface area contributed by atoms with Crippen molar-refractivity contribution in [3.63, 3.8) is 0 Å². The minimum absolute atomic E-state index is 0.905. The van der Waals surface area contributed by atoms with Crippen molar-refractivity contribution in [2.75, 3.05) is 0 Å². The molecule has 1 aromatic carbocycles. The molecule has 0 atom stereocenters. The average molecular weight is 497 g/mol. The lowest BCUT2D eigenvalue weighted by molar-refractivity contribution is 1.05. The maximum atomic E-state index is 4.73. The van der Waals surface area contributed by atoms with Gasteiger partial charge >= 0.3 is 0 Å². The third-order valence-corrected chi connectivity index (χ3v) is 4.70. The maximum Gasteiger partial charge on any atom is 0.148 e. The van der Waals surface area contributed by atoms with E-state index in [0.717, 1.165) is 29.6 Å². The van der Waals surface area contributed by atoms with Gasteiger partial charge in [0.1, 0.15) is 15.2 Å². The van der Waals surface area contributed by atoms with E-state index in [1.54, 1.807) is 0 Å². The van der Waals surface area contributed by atoms with Gasteiger partial charge in [0.05, 0.1) is 5.52 Å². The first-order chi connectivity index (χ1) is 10.2. The Kier molecular flexibility index (Phi) is 3.33. The number of hydrogen-bond donors (Lipinski definition) is 0. The van der Waals surface area contributed by atoms with Crippen molar-refractivity contribution in [2.24, 2.45) is 0 Å². The van der Waals surface area contributed by atoms with Gasteiger partial charge in [0, 0.05) is 20.5 Å². The third kappa shape index (κ3) is 2.22. The molecule has 0 radical (unpaired) electrons. The van der Waals surface area contributed by atoms with Crippen molar-refractivity contribution in [1.82, 2.24) is 14.5 Å². The second-order valence-corrected chi connectivity index (χ2v) is 7.04. The first-order valence-electron chi connectivity index (χ1n) is 6.42. The van der Waals surface area contributed by atoms with E-state index < -0.39 is 0 Å². The first-order valence-corrected chi connectivity index (χ1v) is 8.57. The Morgan fingerprint density at radius 1 is 0.905 bits per heavy atom. The van der Waals surface area contributed by atoms with E-state index >= 15 is 0 Å². The molecular formula is C16H9I2N3. The van der Waals surface area contributed by atoms with Crippen molar-refractivity contribution >= 4 is 67.1 Å². The number of benzene rings is 1. The van der Waals surface area contributed by atoms with E-state index in [2.05, 4.69) is 91.1 Å². The summed E-state index contributed by atoms with van der Waals surface area (Å²) in [5, 5.41) is 2.36. The van der Waals surface area contributed by atoms with E-state index in [-0.39, 0.29) is 0 Å². The highest BCUT2D eigenvalue weighted by atomic mass is 127. The van der Waals surface area contributed by atoms with Crippen LogP contribution in [0, 0.1) is 7.27 Å². The van der Waals surface area contributed by atoms with Crippen LogP contribution in [0.1, 0.15) is 0 Å². The number of aromatic nitrogens is 3. The van der Waals surface area contributed by atoms with Crippen LogP contribution < -0.4 is 0 Å². The molecule has 0 amide bonds. The second kappa shape index (κ2) is 5.20. The minimum atomic E-state index is 0.905. The minimum Gasteiger partial charge on any atom is -0.278 e. The lowest BCUT2D eigenvalue weighted by atomic mass is 10.2. The van der Waals surface area contributed by atoms with Gasteiger partial charge in [0.2, 0.25) is 0 Å². The fourth-order valence-corrected chi connectivity index (χ4v) is 3.41. The first kappa shape index (κ1) is 13.4. The van der Waals surface area contributed by atoms with Crippen LogP contribution in [-0.2, 0) is 0 Å². The molecule has 5 heteroatoms. The largest absolute Gasteiger partial charge is 0.278 e. The molecule has 0 bridgehead atoms. The summed E-state index contributed by atoms with van der Waals surface area (Å²) in [7, 11) is 0. The molecule has 0 unspecified atom stereocenters. The van der Waals surface area contributed by atoms with Gasteiger partial charge in [-0.1, -0.05) is 18.2 Å². The Morgan fingerprint density at radius 3 is 2.62 bits per heavy atom. The summed E-state index contributed by atoms with van der Waals surface area (Å²) in [6, 6.07) is 16.6. The SMILES string of the molecule is Ic1ccnc(-n2c3ccccc3c3ccc(I)nc32)c1. The highest BCUT2D eigenvalue weighted by Gasteiger charge is 2.14. The van der Waals surface area contributed by atoms with Gasteiger partial charge in [-0.25, -0.2) is 9.97 Å². The van der Waals surface area contributed by atoms with Gasteiger partial charge in [-0.2, -0.15) is 0 Å². The summed E-state index contributed by atoms with van der Waals surface area (Å²) in [6.07, 6.45) is 1.84. The zero-order chi connectivity index (χ0) is 14.4. The number of pyridine rings is 2. The molecule has 0 saturated carbocycles. The van der Waals surface area contributed by atoms with Crippen molar-refractivity contribution in [3.05, 3.63) is 62.0 Å². The van der Waals surface area contributed by atoms with Crippen LogP contribution in [0.25, 0.3) is 27.8 Å². The molecular weight excluding hydrogens is 488 g/mol. The van der Waals surface area contributed by atoms with Crippen LogP contribution in [0.15, 0.2) is 54.7 Å². The van der Waals surface area contributed by atoms with Crippen LogP contribution in [0.4, 0.5) is 0 Å². The molecule has 0 fully saturated rings. The normalized spacial score (nSPS) is 11.3. The molecule has 4 rings (SSSR count). The molecule has 102 valence electrons. The zero-order valence-electron chi connectivity index (χ0n) is 10.8. The third-order valence-electron chi connectivity index (χ3n) is 3.42. The van der Waals surface area contributed by atoms with Gasteiger partial charge in [0.15, 0.2) is 0 Å². The van der Waals surface area contributed by atoms with Gasteiger partial charge in [-0.3, -0.25) is 4.57 Å². The Labute approximate surface area is 148 Å². The zero-order valence-corrected chi connectivity index (χ0v) is 15.1. The van der Waals surface area contributed by atoms with Gasteiger partial charge in [-0.15, -0.1) is 0 Å². The number of halogens is 2. The lowest BCUT2D eigenvalue weighted by Gasteiger charge is -2.06. The van der Waals surface area contributed by atoms with Crippen LogP contribution in [0.2, 0.25) is 0 Å². The smallest absolute Gasteiger partial charge is 0.148 e. The molecule has 4 aromatic rings. The summed E-state index contributed by atoms with van der Waals surface area (Å²) in [4.78, 5) is 9.25. The molecule has 0 saturated heterocycles. The summed E-state index contributed by atoms with van der Waals surface area (Å²) in [5.41, 5.74) is 2.09. The van der Waals surface area contributed by atoms with Crippen LogP contribution >= 0.6 is 45.2 Å². The van der Waals surface area contributed by atoms with E-state index in [4.69, 9.17) is 4.98 Å². The summed E-state index contributed by atoms with van der Waals surface area (Å²) in [6.45, 7) is 0. The molecule has 0 aliphatic rings. The van der Waals surface area contributed by atoms with E-state index in [1.165, 1.54) is 5.39 Å². The number of para-hydroxylation sites is 1. The van der Waals surface area contributed by atoms with Crippen molar-refractivity contribution in [1.29, 1.82) is 0 Å². The fraction of sp³-hybridized carbons (Fsp3) is 0. The predicted octanol–water partition coefficient (Wildman–Crippen LogP) is 4.78. The van der Waals surface area contributed by atoms with Crippen molar-refractivity contribution in [3.8, 4) is 5.82 Å². The lowest BCUT2D eigenvalue weighted by Crippen LogP contribution is -1.99. The summed E-state index contributed by atoms with van der Waals surface area (Å²) < 4.78 is 4.28. The van der Waals surface area contributed by atoms with Crippen molar-refractivity contribution < 1.29 is 0 Å². The number of hydrogen-bond acceptors (Lipinski definition) is 2. The van der Waals surface area contributed by atoms with Crippen LogP contribution in [-0.4, -0.2) is 14.5 Å². The summed E-state index contributed by atoms with van der Waals surface area (Å²) >= 11 is 4.56. The molecule has 3 nitrogen and oxygen atoms in total. The van der Waals surface area contributed by atoms with Crippen LogP contribution in [0.3, 0.4) is 0 Å². The van der Waals surface area contributed by atoms with E-state index in [0.29, 0.717) is 0 Å². The average Bonchev–Trinajstić information content (AvgIpc) is 2.80. The maximum absolute atomic E-state index is 4.73. The number of fused-ring (bicyclic) bond motifs is 3. The molecule has 3 aromatic heterocycles. The molecule has 0 aliphatic carbocycles. The van der Waals surface area contributed by atoms with Gasteiger partial charge in [0.25, 0.3) is 0 Å². The predicted molar refractivity (Wildman–Crippen MR) is 102 cm³/mol. The second-order valence-electron chi connectivity index (χ2n) is 4.69. The summed E-state index contributed by atoms with van der Waals surface area (Å²) in [5.74, 6) is 0.905. The fourth-order valence-electron chi connectivity index (χ4n) is 2.56. The van der Waals surface area contributed by atoms with E-state index in [1.807, 2.05) is 18.3 Å². The molecule has 3 heterocycles. The number of nitrogens with zero attached hydrogens (tertiary/aromatic N) is 3. The van der Waals surface area contributed by atoms with E-state index in [9.17, 15) is 0 Å². The van der Waals surface area contributed by atoms with Crippen LogP contribution in [0.5, 0.6) is 0 Å². The molecule has 0 aliphatic heterocycles. The Morgan fingerprint density at radius 2 is 1.76 bits per heavy atom. The van der Waals surface area contributed by atoms with Gasteiger partial charge < -0.3 is 0 Å². The molecule has 21 heavy (non-hydrogen) atoms. The molecule has 0 N–H and O–H groups in total. The van der Waals surface area contributed by atoms with Crippen molar-refractivity contribution in [2.45, 2.75) is 0 Å². The standard InChI is InChI=1S/C16H9I2N3/c17-10-7-8-19-15(9-10)21-13-4-2-1-3-11(13)12-5-6-14(18)20-16(12)21/h1-9H. The highest BCUT2D eigenvalue weighted by molar-refractivity contribution is 14.1. The van der Waals surface area contributed by atoms with Gasteiger partial charge in [-0.05, 0) is 75.5 Å². The molecule has 0 spiro atoms. The Balaban J connectivity index is 2.21. The Bertz CT molecular complexity index is 976. The Hall–Kier alpha value is -1.22. The number of rotatable bonds is 1.